The molecule has 3 unspecified atom stereocenters. The van der Waals surface area contributed by atoms with Crippen LogP contribution in [-0.4, -0.2) is 70.2 Å². The van der Waals surface area contributed by atoms with Crippen molar-refractivity contribution in [1.82, 2.24) is 5.32 Å². The minimum atomic E-state index is -2.27. The van der Waals surface area contributed by atoms with Crippen molar-refractivity contribution in [3.63, 3.8) is 0 Å². The smallest absolute Gasteiger partial charge is 0.335 e. The summed E-state index contributed by atoms with van der Waals surface area (Å²) in [6.45, 7) is 4.16. The number of hydrogen-bond donors (Lipinski definition) is 5. The zero-order valence-corrected chi connectivity index (χ0v) is 11.7. The molecule has 3 atom stereocenters. The molecule has 0 aliphatic carbocycles. The van der Waals surface area contributed by atoms with Gasteiger partial charge in [-0.25, -0.2) is 9.59 Å². The molecule has 1 aliphatic rings. The summed E-state index contributed by atoms with van der Waals surface area (Å²) in [6, 6.07) is 0. The summed E-state index contributed by atoms with van der Waals surface area (Å²) in [5, 5.41) is 35.7. The lowest BCUT2D eigenvalue weighted by Crippen LogP contribution is -2.39. The zero-order valence-electron chi connectivity index (χ0n) is 11.7. The molecule has 0 aromatic rings. The van der Waals surface area contributed by atoms with E-state index in [0.29, 0.717) is 6.61 Å². The number of ether oxygens (including phenoxy) is 1. The minimum Gasteiger partial charge on any atom is -0.479 e. The Morgan fingerprint density at radius 3 is 2.05 bits per heavy atom. The van der Waals surface area contributed by atoms with E-state index in [9.17, 15) is 14.4 Å². The number of rotatable bonds is 5. The van der Waals surface area contributed by atoms with E-state index in [1.54, 1.807) is 0 Å². The van der Waals surface area contributed by atoms with Gasteiger partial charge in [0.05, 0.1) is 12.5 Å². The van der Waals surface area contributed by atoms with Crippen LogP contribution in [0.2, 0.25) is 0 Å². The third-order valence-corrected chi connectivity index (χ3v) is 2.72. The van der Waals surface area contributed by atoms with Gasteiger partial charge in [0.25, 0.3) is 0 Å². The lowest BCUT2D eigenvalue weighted by Gasteiger charge is -2.20. The van der Waals surface area contributed by atoms with Gasteiger partial charge < -0.3 is 30.5 Å². The number of carbonyl (C=O) groups is 3. The molecule has 9 nitrogen and oxygen atoms in total. The summed E-state index contributed by atoms with van der Waals surface area (Å²) in [4.78, 5) is 30.7. The molecule has 5 N–H and O–H groups in total. The highest BCUT2D eigenvalue weighted by Crippen LogP contribution is 2.11. The largest absolute Gasteiger partial charge is 0.479 e. The van der Waals surface area contributed by atoms with Crippen LogP contribution < -0.4 is 5.32 Å². The van der Waals surface area contributed by atoms with Crippen molar-refractivity contribution < 1.29 is 39.5 Å². The first kappa shape index (κ1) is 19.3. The first-order valence-electron chi connectivity index (χ1n) is 6.50. The van der Waals surface area contributed by atoms with Crippen molar-refractivity contribution in [2.45, 2.75) is 32.0 Å². The van der Waals surface area contributed by atoms with E-state index in [1.807, 2.05) is 6.92 Å². The Labute approximate surface area is 121 Å². The molecule has 0 bridgehead atoms. The maximum absolute atomic E-state index is 11.1. The number of aliphatic hydroxyl groups excluding tert-OH is 2. The summed E-state index contributed by atoms with van der Waals surface area (Å²) < 4.78 is 4.90. The highest BCUT2D eigenvalue weighted by molar-refractivity contribution is 5.83. The molecule has 21 heavy (non-hydrogen) atoms. The predicted octanol–water partition coefficient (Wildman–Crippen LogP) is -1.57. The summed E-state index contributed by atoms with van der Waals surface area (Å²) in [5.41, 5.74) is 0. The molecule has 1 rings (SSSR count). The number of piperidine rings is 1. The van der Waals surface area contributed by atoms with Crippen LogP contribution in [0.5, 0.6) is 0 Å². The van der Waals surface area contributed by atoms with Crippen molar-refractivity contribution in [3.05, 3.63) is 0 Å². The zero-order chi connectivity index (χ0) is 16.4. The van der Waals surface area contributed by atoms with Crippen LogP contribution in [-0.2, 0) is 19.1 Å². The van der Waals surface area contributed by atoms with Gasteiger partial charge in [0.15, 0.2) is 12.2 Å². The van der Waals surface area contributed by atoms with Crippen molar-refractivity contribution in [1.29, 1.82) is 0 Å². The second kappa shape index (κ2) is 10.1. The quantitative estimate of drug-likeness (QED) is 0.379. The molecule has 0 spiro atoms. The fourth-order valence-electron chi connectivity index (χ4n) is 1.58. The standard InChI is InChI=1S/C8H15NO2.C4H6O6/c1-2-11-8(10)7-4-3-5-9-6-7;5-1(3(7)8)2(6)4(9)10/h7,9H,2-6H2,1H3;1-2,5-6H,(H,7,8)(H,9,10). The first-order valence-corrected chi connectivity index (χ1v) is 6.50. The summed E-state index contributed by atoms with van der Waals surface area (Å²) in [7, 11) is 0. The van der Waals surface area contributed by atoms with Gasteiger partial charge >= 0.3 is 17.9 Å². The van der Waals surface area contributed by atoms with Gasteiger partial charge in [-0.1, -0.05) is 0 Å². The Kier molecular flexibility index (Phi) is 9.26. The Morgan fingerprint density at radius 1 is 1.19 bits per heavy atom. The van der Waals surface area contributed by atoms with E-state index in [1.165, 1.54) is 0 Å². The maximum atomic E-state index is 11.1. The molecule has 0 aromatic heterocycles. The van der Waals surface area contributed by atoms with Crippen LogP contribution in [0.1, 0.15) is 19.8 Å². The van der Waals surface area contributed by atoms with Gasteiger partial charge in [-0.2, -0.15) is 0 Å². The molecule has 0 radical (unpaired) electrons. The number of carboxylic acids is 2. The van der Waals surface area contributed by atoms with E-state index >= 15 is 0 Å². The van der Waals surface area contributed by atoms with Crippen molar-refractivity contribution >= 4 is 17.9 Å². The number of carboxylic acid groups (broad SMARTS) is 2. The van der Waals surface area contributed by atoms with Gasteiger partial charge in [-0.15, -0.1) is 0 Å². The average molecular weight is 307 g/mol. The predicted molar refractivity (Wildman–Crippen MR) is 69.5 cm³/mol. The highest BCUT2D eigenvalue weighted by Gasteiger charge is 2.29. The lowest BCUT2D eigenvalue weighted by molar-refractivity contribution is -0.165. The summed E-state index contributed by atoms with van der Waals surface area (Å²) >= 11 is 0. The van der Waals surface area contributed by atoms with Crippen LogP contribution in [0, 0.1) is 5.92 Å². The van der Waals surface area contributed by atoms with Crippen molar-refractivity contribution in [2.24, 2.45) is 5.92 Å². The van der Waals surface area contributed by atoms with E-state index in [0.717, 1.165) is 25.9 Å². The molecule has 0 saturated carbocycles. The van der Waals surface area contributed by atoms with Gasteiger partial charge in [-0.05, 0) is 26.3 Å². The Bertz CT molecular complexity index is 335. The topological polar surface area (TPSA) is 153 Å². The molecule has 1 heterocycles. The normalized spacial score (nSPS) is 20.4. The fourth-order valence-corrected chi connectivity index (χ4v) is 1.58. The SMILES string of the molecule is CCOC(=O)C1CCCNC1.O=C(O)C(O)C(O)C(=O)O. The van der Waals surface area contributed by atoms with Gasteiger partial charge in [0.1, 0.15) is 0 Å². The van der Waals surface area contributed by atoms with E-state index < -0.39 is 24.1 Å². The van der Waals surface area contributed by atoms with E-state index in [2.05, 4.69) is 5.32 Å². The van der Waals surface area contributed by atoms with Gasteiger partial charge in [-0.3, -0.25) is 4.79 Å². The molecule has 1 fully saturated rings. The van der Waals surface area contributed by atoms with Crippen LogP contribution >= 0.6 is 0 Å². The highest BCUT2D eigenvalue weighted by atomic mass is 16.5. The van der Waals surface area contributed by atoms with Gasteiger partial charge in [0, 0.05) is 6.54 Å². The number of nitrogens with one attached hydrogen (secondary N) is 1. The maximum Gasteiger partial charge on any atom is 0.335 e. The third-order valence-electron chi connectivity index (χ3n) is 2.72. The van der Waals surface area contributed by atoms with Crippen LogP contribution in [0.3, 0.4) is 0 Å². The van der Waals surface area contributed by atoms with Gasteiger partial charge in [0.2, 0.25) is 0 Å². The third kappa shape index (κ3) is 7.59. The molecular formula is C12H21NO8. The van der Waals surface area contributed by atoms with Crippen LogP contribution in [0.4, 0.5) is 0 Å². The molecule has 0 amide bonds. The van der Waals surface area contributed by atoms with E-state index in [-0.39, 0.29) is 11.9 Å². The lowest BCUT2D eigenvalue weighted by atomic mass is 10.0. The number of aliphatic hydroxyl groups is 2. The molecule has 0 aromatic carbocycles. The Hall–Kier alpha value is -1.71. The monoisotopic (exact) mass is 307 g/mol. The van der Waals surface area contributed by atoms with Crippen LogP contribution in [0.25, 0.3) is 0 Å². The molecule has 1 aliphatic heterocycles. The number of hydrogen-bond acceptors (Lipinski definition) is 7. The molecular weight excluding hydrogens is 286 g/mol. The summed E-state index contributed by atoms with van der Waals surface area (Å²) in [5.74, 6) is -3.48. The molecule has 9 heteroatoms. The van der Waals surface area contributed by atoms with Crippen LogP contribution in [0.15, 0.2) is 0 Å². The first-order chi connectivity index (χ1) is 9.81. The Morgan fingerprint density at radius 2 is 1.71 bits per heavy atom. The Balaban J connectivity index is 0.000000384. The van der Waals surface area contributed by atoms with Crippen molar-refractivity contribution in [3.8, 4) is 0 Å². The second-order valence-corrected chi connectivity index (χ2v) is 4.36. The second-order valence-electron chi connectivity index (χ2n) is 4.36. The summed E-state index contributed by atoms with van der Waals surface area (Å²) in [6.07, 6.45) is -2.47. The van der Waals surface area contributed by atoms with E-state index in [4.69, 9.17) is 25.2 Å². The number of aliphatic carboxylic acids is 2. The number of esters is 1. The average Bonchev–Trinajstić information content (AvgIpc) is 2.47. The number of carbonyl (C=O) groups excluding carboxylic acids is 1. The fraction of sp³-hybridized carbons (Fsp3) is 0.750. The molecule has 1 saturated heterocycles. The van der Waals surface area contributed by atoms with Crippen molar-refractivity contribution in [2.75, 3.05) is 19.7 Å². The molecule has 122 valence electrons. The minimum absolute atomic E-state index is 0.0419.